The van der Waals surface area contributed by atoms with Crippen molar-refractivity contribution in [1.29, 1.82) is 0 Å². The van der Waals surface area contributed by atoms with Crippen LogP contribution in [0.15, 0.2) is 71.7 Å². The monoisotopic (exact) mass is 332 g/mol. The van der Waals surface area contributed by atoms with Gasteiger partial charge in [0.15, 0.2) is 11.6 Å². The molecule has 0 spiro atoms. The minimum Gasteiger partial charge on any atom is -0.328 e. The SMILES string of the molecule is O=c1ccc(-c2ccc(-c3nc(-c4ccccc4)n[nH]3)c(F)c2)c[nH]1. The van der Waals surface area contributed by atoms with Crippen LogP contribution in [-0.2, 0) is 0 Å². The highest BCUT2D eigenvalue weighted by Crippen LogP contribution is 2.26. The van der Waals surface area contributed by atoms with Crippen LogP contribution in [0.3, 0.4) is 0 Å². The number of benzene rings is 2. The molecular weight excluding hydrogens is 319 g/mol. The van der Waals surface area contributed by atoms with E-state index >= 15 is 0 Å². The molecule has 6 heteroatoms. The van der Waals surface area contributed by atoms with Gasteiger partial charge in [-0.15, -0.1) is 0 Å². The molecule has 5 nitrogen and oxygen atoms in total. The van der Waals surface area contributed by atoms with Crippen molar-refractivity contribution in [1.82, 2.24) is 20.2 Å². The normalized spacial score (nSPS) is 10.8. The largest absolute Gasteiger partial charge is 0.328 e. The van der Waals surface area contributed by atoms with Gasteiger partial charge >= 0.3 is 0 Å². The topological polar surface area (TPSA) is 74.4 Å². The number of H-pyrrole nitrogens is 2. The summed E-state index contributed by atoms with van der Waals surface area (Å²) < 4.78 is 14.6. The van der Waals surface area contributed by atoms with E-state index in [4.69, 9.17) is 0 Å². The van der Waals surface area contributed by atoms with E-state index in [0.29, 0.717) is 22.8 Å². The van der Waals surface area contributed by atoms with Crippen LogP contribution in [0, 0.1) is 5.82 Å². The van der Waals surface area contributed by atoms with Gasteiger partial charge in [-0.1, -0.05) is 36.4 Å². The fourth-order valence-corrected chi connectivity index (χ4v) is 2.58. The molecule has 122 valence electrons. The molecule has 2 heterocycles. The first kappa shape index (κ1) is 15.0. The Hall–Kier alpha value is -3.54. The predicted molar refractivity (Wildman–Crippen MR) is 93.3 cm³/mol. The van der Waals surface area contributed by atoms with Crippen LogP contribution in [0.2, 0.25) is 0 Å². The van der Waals surface area contributed by atoms with Crippen LogP contribution in [0.25, 0.3) is 33.9 Å². The molecular formula is C19H13FN4O. The van der Waals surface area contributed by atoms with Crippen molar-refractivity contribution in [2.45, 2.75) is 0 Å². The highest BCUT2D eigenvalue weighted by atomic mass is 19.1. The third-order valence-electron chi connectivity index (χ3n) is 3.86. The third-order valence-corrected chi connectivity index (χ3v) is 3.86. The van der Waals surface area contributed by atoms with Gasteiger partial charge in [0.25, 0.3) is 0 Å². The first-order chi connectivity index (χ1) is 12.2. The van der Waals surface area contributed by atoms with E-state index in [1.54, 1.807) is 24.4 Å². The molecule has 4 aromatic rings. The zero-order valence-electron chi connectivity index (χ0n) is 13.0. The average molecular weight is 332 g/mol. The molecule has 2 N–H and O–H groups in total. The molecule has 0 aliphatic heterocycles. The second-order valence-corrected chi connectivity index (χ2v) is 5.51. The van der Waals surface area contributed by atoms with Crippen molar-refractivity contribution in [2.75, 3.05) is 0 Å². The number of hydrogen-bond acceptors (Lipinski definition) is 3. The molecule has 0 fully saturated rings. The van der Waals surface area contributed by atoms with E-state index < -0.39 is 5.82 Å². The summed E-state index contributed by atoms with van der Waals surface area (Å²) in [6.07, 6.45) is 1.55. The number of nitrogens with zero attached hydrogens (tertiary/aromatic N) is 2. The second-order valence-electron chi connectivity index (χ2n) is 5.51. The fraction of sp³-hybridized carbons (Fsp3) is 0. The summed E-state index contributed by atoms with van der Waals surface area (Å²) in [6.45, 7) is 0. The maximum Gasteiger partial charge on any atom is 0.247 e. The van der Waals surface area contributed by atoms with Gasteiger partial charge in [-0.3, -0.25) is 9.89 Å². The van der Waals surface area contributed by atoms with Crippen molar-refractivity contribution in [3.8, 4) is 33.9 Å². The molecule has 0 radical (unpaired) electrons. The Bertz CT molecular complexity index is 1070. The van der Waals surface area contributed by atoms with Crippen LogP contribution in [-0.4, -0.2) is 20.2 Å². The molecule has 4 rings (SSSR count). The Morgan fingerprint density at radius 1 is 0.880 bits per heavy atom. The second kappa shape index (κ2) is 6.16. The van der Waals surface area contributed by atoms with Crippen LogP contribution in [0.1, 0.15) is 0 Å². The predicted octanol–water partition coefficient (Wildman–Crippen LogP) is 3.63. The van der Waals surface area contributed by atoms with Gasteiger partial charge in [0.05, 0.1) is 5.56 Å². The lowest BCUT2D eigenvalue weighted by Gasteiger charge is -2.04. The average Bonchev–Trinajstić information content (AvgIpc) is 3.13. The summed E-state index contributed by atoms with van der Waals surface area (Å²) in [5.74, 6) is 0.462. The lowest BCUT2D eigenvalue weighted by atomic mass is 10.0. The first-order valence-electron chi connectivity index (χ1n) is 7.67. The Kier molecular flexibility index (Phi) is 3.70. The Morgan fingerprint density at radius 2 is 1.68 bits per heavy atom. The smallest absolute Gasteiger partial charge is 0.247 e. The lowest BCUT2D eigenvalue weighted by Crippen LogP contribution is -2.01. The molecule has 0 atom stereocenters. The fourth-order valence-electron chi connectivity index (χ4n) is 2.58. The van der Waals surface area contributed by atoms with Crippen molar-refractivity contribution < 1.29 is 4.39 Å². The van der Waals surface area contributed by atoms with Gasteiger partial charge in [-0.2, -0.15) is 5.10 Å². The van der Waals surface area contributed by atoms with Gasteiger partial charge in [0.2, 0.25) is 5.56 Å². The van der Waals surface area contributed by atoms with E-state index in [2.05, 4.69) is 20.2 Å². The summed E-state index contributed by atoms with van der Waals surface area (Å²) in [6, 6.07) is 17.4. The van der Waals surface area contributed by atoms with Crippen LogP contribution < -0.4 is 5.56 Å². The zero-order valence-corrected chi connectivity index (χ0v) is 13.0. The van der Waals surface area contributed by atoms with Crippen molar-refractivity contribution in [2.24, 2.45) is 0 Å². The highest BCUT2D eigenvalue weighted by Gasteiger charge is 2.12. The van der Waals surface area contributed by atoms with Gasteiger partial charge in [-0.25, -0.2) is 9.37 Å². The molecule has 25 heavy (non-hydrogen) atoms. The number of rotatable bonds is 3. The number of nitrogens with one attached hydrogen (secondary N) is 2. The van der Waals surface area contributed by atoms with E-state index in [-0.39, 0.29) is 5.56 Å². The van der Waals surface area contributed by atoms with Crippen molar-refractivity contribution >= 4 is 0 Å². The number of hydrogen-bond donors (Lipinski definition) is 2. The summed E-state index contributed by atoms with van der Waals surface area (Å²) in [7, 11) is 0. The summed E-state index contributed by atoms with van der Waals surface area (Å²) in [4.78, 5) is 18.1. The number of halogens is 1. The number of aromatic amines is 2. The van der Waals surface area contributed by atoms with E-state index in [0.717, 1.165) is 11.1 Å². The summed E-state index contributed by atoms with van der Waals surface area (Å²) >= 11 is 0. The van der Waals surface area contributed by atoms with Gasteiger partial charge in [0, 0.05) is 17.8 Å². The molecule has 2 aromatic heterocycles. The minimum absolute atomic E-state index is 0.198. The molecule has 0 amide bonds. The Labute approximate surface area is 142 Å². The van der Waals surface area contributed by atoms with Gasteiger partial charge in [0.1, 0.15) is 5.82 Å². The zero-order chi connectivity index (χ0) is 17.2. The number of pyridine rings is 1. The standard InChI is InChI=1S/C19H13FN4O/c20-16-10-13(14-7-9-17(25)21-11-14)6-8-15(16)19-22-18(23-24-19)12-4-2-1-3-5-12/h1-11H,(H,21,25)(H,22,23,24). The van der Waals surface area contributed by atoms with Crippen LogP contribution >= 0.6 is 0 Å². The van der Waals surface area contributed by atoms with Crippen LogP contribution in [0.5, 0.6) is 0 Å². The highest BCUT2D eigenvalue weighted by molar-refractivity contribution is 5.68. The molecule has 0 bridgehead atoms. The molecule has 0 unspecified atom stereocenters. The Balaban J connectivity index is 1.69. The first-order valence-corrected chi connectivity index (χ1v) is 7.67. The molecule has 0 aliphatic rings. The van der Waals surface area contributed by atoms with Gasteiger partial charge < -0.3 is 4.98 Å². The van der Waals surface area contributed by atoms with Crippen molar-refractivity contribution in [3.05, 3.63) is 83.0 Å². The summed E-state index contributed by atoms with van der Waals surface area (Å²) in [5.41, 5.74) is 2.39. The molecule has 2 aromatic carbocycles. The lowest BCUT2D eigenvalue weighted by molar-refractivity contribution is 0.630. The van der Waals surface area contributed by atoms with E-state index in [9.17, 15) is 9.18 Å². The van der Waals surface area contributed by atoms with Crippen LogP contribution in [0.4, 0.5) is 4.39 Å². The van der Waals surface area contributed by atoms with E-state index in [1.807, 2.05) is 30.3 Å². The molecule has 0 saturated carbocycles. The minimum atomic E-state index is -0.417. The van der Waals surface area contributed by atoms with Crippen molar-refractivity contribution in [3.63, 3.8) is 0 Å². The Morgan fingerprint density at radius 3 is 2.40 bits per heavy atom. The molecule has 0 saturated heterocycles. The van der Waals surface area contributed by atoms with Gasteiger partial charge in [-0.05, 0) is 29.3 Å². The quantitative estimate of drug-likeness (QED) is 0.601. The third kappa shape index (κ3) is 2.97. The molecule has 0 aliphatic carbocycles. The maximum absolute atomic E-state index is 14.6. The number of aromatic nitrogens is 4. The maximum atomic E-state index is 14.6. The van der Waals surface area contributed by atoms with E-state index in [1.165, 1.54) is 12.1 Å². The summed E-state index contributed by atoms with van der Waals surface area (Å²) in [5, 5.41) is 6.93.